The first kappa shape index (κ1) is 12.5. The molecular weight excluding hydrogens is 184 g/mol. The van der Waals surface area contributed by atoms with E-state index in [1.165, 1.54) is 25.7 Å². The molecule has 2 heteroatoms. The molecule has 0 spiro atoms. The Hall–Kier alpha value is 0.507. The van der Waals surface area contributed by atoms with Crippen LogP contribution in [0.15, 0.2) is 0 Å². The van der Waals surface area contributed by atoms with Gasteiger partial charge in [-0.3, -0.25) is 0 Å². The Balaban J connectivity index is 4.02. The fourth-order valence-corrected chi connectivity index (χ4v) is 5.77. The van der Waals surface area contributed by atoms with Gasteiger partial charge in [0.05, 0.1) is 0 Å². The van der Waals surface area contributed by atoms with Crippen molar-refractivity contribution in [3.8, 4) is 0 Å². The van der Waals surface area contributed by atoms with Crippen LogP contribution in [0.5, 0.6) is 0 Å². The maximum Gasteiger partial charge on any atom is 0.171 e. The highest BCUT2D eigenvalue weighted by Crippen LogP contribution is 2.33. The molecule has 0 unspecified atom stereocenters. The van der Waals surface area contributed by atoms with Crippen LogP contribution in [0, 0.1) is 0 Å². The van der Waals surface area contributed by atoms with E-state index in [9.17, 15) is 0 Å². The van der Waals surface area contributed by atoms with Gasteiger partial charge in [-0.1, -0.05) is 53.4 Å². The number of halogens is 1. The molecule has 0 saturated carbocycles. The molecule has 0 atom stereocenters. The smallest absolute Gasteiger partial charge is 0.168 e. The van der Waals surface area contributed by atoms with Crippen LogP contribution in [-0.4, -0.2) is 8.11 Å². The summed E-state index contributed by atoms with van der Waals surface area (Å²) in [6, 6.07) is 0. The average Bonchev–Trinajstić information content (AvgIpc) is 2.09. The predicted molar refractivity (Wildman–Crippen MR) is 60.3 cm³/mol. The van der Waals surface area contributed by atoms with E-state index in [1.54, 1.807) is 0 Å². The van der Waals surface area contributed by atoms with Crippen LogP contribution in [0.4, 0.5) is 0 Å². The van der Waals surface area contributed by atoms with Gasteiger partial charge < -0.3 is 0 Å². The van der Waals surface area contributed by atoms with E-state index in [2.05, 4.69) is 27.7 Å². The second-order valence-electron chi connectivity index (χ2n) is 3.41. The quantitative estimate of drug-likeness (QED) is 0.439. The zero-order chi connectivity index (χ0) is 9.56. The van der Waals surface area contributed by atoms with Gasteiger partial charge in [-0.15, -0.1) is 0 Å². The van der Waals surface area contributed by atoms with Gasteiger partial charge in [0.15, 0.2) is 8.11 Å². The second kappa shape index (κ2) is 6.96. The lowest BCUT2D eigenvalue weighted by Gasteiger charge is -2.23. The lowest BCUT2D eigenvalue weighted by atomic mass is 10.2. The van der Waals surface area contributed by atoms with E-state index in [-0.39, 0.29) is 0 Å². The van der Waals surface area contributed by atoms with Gasteiger partial charge in [0.25, 0.3) is 0 Å². The van der Waals surface area contributed by atoms with Gasteiger partial charge >= 0.3 is 0 Å². The summed E-state index contributed by atoms with van der Waals surface area (Å²) in [6.07, 6.45) is 5.07. The second-order valence-corrected chi connectivity index (χ2v) is 7.12. The maximum atomic E-state index is 6.52. The van der Waals surface area contributed by atoms with Crippen LogP contribution < -0.4 is 0 Å². The molecular formula is C10H22ClSi. The topological polar surface area (TPSA) is 0 Å². The van der Waals surface area contributed by atoms with Crippen molar-refractivity contribution in [1.29, 1.82) is 0 Å². The van der Waals surface area contributed by atoms with Crippen molar-refractivity contribution in [2.75, 3.05) is 0 Å². The Kier molecular flexibility index (Phi) is 7.26. The van der Waals surface area contributed by atoms with Gasteiger partial charge in [0.1, 0.15) is 0 Å². The van der Waals surface area contributed by atoms with E-state index in [4.69, 9.17) is 11.1 Å². The van der Waals surface area contributed by atoms with E-state index >= 15 is 0 Å². The highest BCUT2D eigenvalue weighted by molar-refractivity contribution is 7.08. The standard InChI is InChI=1S/C10H22ClSi/c1-5-9(6-2)12(11)10(7-3)8-4/h9-10H,5-8H2,1-4H3. The zero-order valence-corrected chi connectivity index (χ0v) is 10.6. The first-order chi connectivity index (χ1) is 5.71. The number of rotatable bonds is 6. The lowest BCUT2D eigenvalue weighted by molar-refractivity contribution is 0.694. The molecule has 73 valence electrons. The minimum atomic E-state index is -0.598. The minimum Gasteiger partial charge on any atom is -0.168 e. The first-order valence-corrected chi connectivity index (χ1v) is 7.89. The number of hydrogen-bond donors (Lipinski definition) is 0. The molecule has 12 heavy (non-hydrogen) atoms. The van der Waals surface area contributed by atoms with Crippen LogP contribution in [0.25, 0.3) is 0 Å². The third kappa shape index (κ3) is 3.49. The Labute approximate surface area is 84.0 Å². The highest BCUT2D eigenvalue weighted by atomic mass is 35.6. The summed E-state index contributed by atoms with van der Waals surface area (Å²) in [5.41, 5.74) is 1.64. The summed E-state index contributed by atoms with van der Waals surface area (Å²) in [7, 11) is -0.598. The fraction of sp³-hybridized carbons (Fsp3) is 1.00. The molecule has 0 nitrogen and oxygen atoms in total. The van der Waals surface area contributed by atoms with Crippen molar-refractivity contribution in [3.05, 3.63) is 0 Å². The van der Waals surface area contributed by atoms with Crippen LogP contribution in [0.2, 0.25) is 11.1 Å². The van der Waals surface area contributed by atoms with E-state index in [0.29, 0.717) is 0 Å². The van der Waals surface area contributed by atoms with Crippen molar-refractivity contribution in [2.45, 2.75) is 64.5 Å². The monoisotopic (exact) mass is 205 g/mol. The van der Waals surface area contributed by atoms with Gasteiger partial charge in [-0.05, 0) is 11.1 Å². The van der Waals surface area contributed by atoms with Crippen molar-refractivity contribution in [2.24, 2.45) is 0 Å². The molecule has 0 fully saturated rings. The minimum absolute atomic E-state index is 0.598. The molecule has 0 saturated heterocycles. The van der Waals surface area contributed by atoms with Crippen molar-refractivity contribution < 1.29 is 0 Å². The summed E-state index contributed by atoms with van der Waals surface area (Å²) >= 11 is 6.52. The summed E-state index contributed by atoms with van der Waals surface area (Å²) in [6.45, 7) is 9.07. The van der Waals surface area contributed by atoms with Crippen molar-refractivity contribution in [1.82, 2.24) is 0 Å². The van der Waals surface area contributed by atoms with Gasteiger partial charge in [-0.2, -0.15) is 11.1 Å². The van der Waals surface area contributed by atoms with Crippen LogP contribution in [0.3, 0.4) is 0 Å². The van der Waals surface area contributed by atoms with Crippen LogP contribution in [-0.2, 0) is 0 Å². The third-order valence-corrected chi connectivity index (χ3v) is 7.80. The molecule has 0 N–H and O–H groups in total. The molecule has 0 aromatic heterocycles. The summed E-state index contributed by atoms with van der Waals surface area (Å²) < 4.78 is 0. The van der Waals surface area contributed by atoms with Gasteiger partial charge in [0.2, 0.25) is 0 Å². The Morgan fingerprint density at radius 1 is 0.833 bits per heavy atom. The molecule has 0 aliphatic carbocycles. The highest BCUT2D eigenvalue weighted by Gasteiger charge is 2.25. The Morgan fingerprint density at radius 2 is 1.08 bits per heavy atom. The first-order valence-electron chi connectivity index (χ1n) is 5.23. The Bertz CT molecular complexity index is 86.0. The normalized spacial score (nSPS) is 12.0. The van der Waals surface area contributed by atoms with E-state index in [0.717, 1.165) is 11.1 Å². The Morgan fingerprint density at radius 3 is 1.25 bits per heavy atom. The zero-order valence-electron chi connectivity index (χ0n) is 8.86. The molecule has 0 rings (SSSR count). The maximum absolute atomic E-state index is 6.52. The third-order valence-electron chi connectivity index (χ3n) is 2.75. The molecule has 1 radical (unpaired) electrons. The van der Waals surface area contributed by atoms with E-state index in [1.807, 2.05) is 0 Å². The predicted octanol–water partition coefficient (Wildman–Crippen LogP) is 4.60. The fourth-order valence-electron chi connectivity index (χ4n) is 1.69. The molecule has 0 aliphatic heterocycles. The van der Waals surface area contributed by atoms with E-state index < -0.39 is 8.11 Å². The summed E-state index contributed by atoms with van der Waals surface area (Å²) in [5, 5.41) is 0. The molecule has 0 bridgehead atoms. The van der Waals surface area contributed by atoms with Crippen molar-refractivity contribution in [3.63, 3.8) is 0 Å². The molecule has 0 heterocycles. The lowest BCUT2D eigenvalue weighted by Crippen LogP contribution is -2.19. The average molecular weight is 206 g/mol. The van der Waals surface area contributed by atoms with Crippen LogP contribution >= 0.6 is 11.1 Å². The van der Waals surface area contributed by atoms with Crippen LogP contribution in [0.1, 0.15) is 53.4 Å². The summed E-state index contributed by atoms with van der Waals surface area (Å²) in [4.78, 5) is 0. The summed E-state index contributed by atoms with van der Waals surface area (Å²) in [5.74, 6) is 0. The largest absolute Gasteiger partial charge is 0.171 e. The molecule has 0 amide bonds. The SMILES string of the molecule is CCC(CC)[Si](Cl)C(CC)CC. The number of hydrogen-bond acceptors (Lipinski definition) is 0. The molecule has 0 aromatic rings. The van der Waals surface area contributed by atoms with Crippen molar-refractivity contribution >= 4 is 19.2 Å². The molecule has 0 aliphatic rings. The van der Waals surface area contributed by atoms with Gasteiger partial charge in [0, 0.05) is 0 Å². The van der Waals surface area contributed by atoms with Gasteiger partial charge in [-0.25, -0.2) is 0 Å². The molecule has 0 aromatic carbocycles.